The third-order valence-electron chi connectivity index (χ3n) is 4.41. The van der Waals surface area contributed by atoms with Gasteiger partial charge in [0, 0.05) is 0 Å². The van der Waals surface area contributed by atoms with Gasteiger partial charge in [-0.05, 0) is 58.5 Å². The Morgan fingerprint density at radius 3 is 2.29 bits per heavy atom. The van der Waals surface area contributed by atoms with Crippen LogP contribution in [0.25, 0.3) is 0 Å². The molecule has 1 aliphatic carbocycles. The van der Waals surface area contributed by atoms with Gasteiger partial charge in [-0.25, -0.2) is 0 Å². The van der Waals surface area contributed by atoms with E-state index in [2.05, 4.69) is 39.0 Å². The molecular formula is C12H23B2NO2. The lowest BCUT2D eigenvalue weighted by atomic mass is 9.71. The fraction of sp³-hybridized carbons (Fsp3) is 0.833. The van der Waals surface area contributed by atoms with E-state index in [4.69, 9.17) is 9.31 Å². The SMILES string of the molecule is BNC1CC=C(B2OC(C)(C)C(C)(C)O2)CC1. The van der Waals surface area contributed by atoms with Crippen LogP contribution in [0.15, 0.2) is 11.5 Å². The summed E-state index contributed by atoms with van der Waals surface area (Å²) in [7, 11) is 1.89. The first-order chi connectivity index (χ1) is 7.86. The second kappa shape index (κ2) is 4.45. The van der Waals surface area contributed by atoms with Crippen molar-refractivity contribution in [1.82, 2.24) is 5.23 Å². The van der Waals surface area contributed by atoms with E-state index in [1.807, 2.05) is 7.98 Å². The molecule has 2 aliphatic rings. The van der Waals surface area contributed by atoms with Gasteiger partial charge in [0.15, 0.2) is 7.98 Å². The van der Waals surface area contributed by atoms with E-state index in [1.54, 1.807) is 0 Å². The van der Waals surface area contributed by atoms with E-state index in [0.29, 0.717) is 6.04 Å². The minimum Gasteiger partial charge on any atom is -0.400 e. The van der Waals surface area contributed by atoms with E-state index in [-0.39, 0.29) is 18.3 Å². The first kappa shape index (κ1) is 13.2. The maximum Gasteiger partial charge on any atom is 0.490 e. The van der Waals surface area contributed by atoms with Gasteiger partial charge in [-0.2, -0.15) is 0 Å². The monoisotopic (exact) mass is 235 g/mol. The number of hydrogen-bond donors (Lipinski definition) is 1. The van der Waals surface area contributed by atoms with Crippen molar-refractivity contribution in [1.29, 1.82) is 0 Å². The zero-order chi connectivity index (χ0) is 12.7. The van der Waals surface area contributed by atoms with Crippen LogP contribution in [-0.4, -0.2) is 32.3 Å². The van der Waals surface area contributed by atoms with Crippen molar-refractivity contribution in [2.24, 2.45) is 0 Å². The molecule has 0 bridgehead atoms. The van der Waals surface area contributed by atoms with Crippen LogP contribution in [0.5, 0.6) is 0 Å². The third kappa shape index (κ3) is 2.47. The van der Waals surface area contributed by atoms with Gasteiger partial charge in [0.2, 0.25) is 0 Å². The minimum absolute atomic E-state index is 0.141. The summed E-state index contributed by atoms with van der Waals surface area (Å²) in [6, 6.07) is 0.612. The Morgan fingerprint density at radius 1 is 1.29 bits per heavy atom. The van der Waals surface area contributed by atoms with E-state index in [0.717, 1.165) is 12.8 Å². The number of allylic oxidation sites excluding steroid dienone is 1. The topological polar surface area (TPSA) is 30.5 Å². The lowest BCUT2D eigenvalue weighted by Crippen LogP contribution is -2.41. The fourth-order valence-corrected chi connectivity index (χ4v) is 2.33. The van der Waals surface area contributed by atoms with Gasteiger partial charge < -0.3 is 14.5 Å². The fourth-order valence-electron chi connectivity index (χ4n) is 2.33. The molecular weight excluding hydrogens is 212 g/mol. The summed E-state index contributed by atoms with van der Waals surface area (Å²) in [6.07, 6.45) is 5.61. The highest BCUT2D eigenvalue weighted by Gasteiger charge is 2.52. The van der Waals surface area contributed by atoms with Crippen LogP contribution in [0.2, 0.25) is 0 Å². The summed E-state index contributed by atoms with van der Waals surface area (Å²) in [5, 5.41) is 3.32. The van der Waals surface area contributed by atoms with E-state index < -0.39 is 0 Å². The molecule has 0 saturated carbocycles. The molecule has 3 nitrogen and oxygen atoms in total. The molecule has 0 radical (unpaired) electrons. The maximum absolute atomic E-state index is 6.06. The molecule has 17 heavy (non-hydrogen) atoms. The van der Waals surface area contributed by atoms with Gasteiger partial charge in [-0.1, -0.05) is 6.08 Å². The standard InChI is InChI=1S/C12H23B2NO2/c1-11(2)12(3,4)17-14(16-11)9-5-7-10(15-13)8-6-9/h5,10,15H,6-8,13H2,1-4H3. The summed E-state index contributed by atoms with van der Waals surface area (Å²) in [6.45, 7) is 8.42. The molecule has 2 rings (SSSR count). The van der Waals surface area contributed by atoms with Gasteiger partial charge in [0.05, 0.1) is 11.2 Å². The molecule has 0 aromatic heterocycles. The largest absolute Gasteiger partial charge is 0.490 e. The molecule has 94 valence electrons. The van der Waals surface area contributed by atoms with Gasteiger partial charge >= 0.3 is 7.12 Å². The number of hydrogen-bond acceptors (Lipinski definition) is 3. The van der Waals surface area contributed by atoms with Crippen molar-refractivity contribution in [3.8, 4) is 0 Å². The van der Waals surface area contributed by atoms with Gasteiger partial charge in [-0.15, -0.1) is 0 Å². The van der Waals surface area contributed by atoms with Crippen molar-refractivity contribution in [2.75, 3.05) is 0 Å². The highest BCUT2D eigenvalue weighted by molar-refractivity contribution is 6.54. The van der Waals surface area contributed by atoms with Gasteiger partial charge in [0.25, 0.3) is 0 Å². The predicted molar refractivity (Wildman–Crippen MR) is 73.5 cm³/mol. The molecule has 1 aliphatic heterocycles. The summed E-state index contributed by atoms with van der Waals surface area (Å²) in [4.78, 5) is 0. The highest BCUT2D eigenvalue weighted by atomic mass is 16.7. The normalized spacial score (nSPS) is 31.4. The lowest BCUT2D eigenvalue weighted by molar-refractivity contribution is 0.00578. The molecule has 5 heteroatoms. The van der Waals surface area contributed by atoms with E-state index >= 15 is 0 Å². The molecule has 0 spiro atoms. The molecule has 1 unspecified atom stereocenters. The Balaban J connectivity index is 2.05. The molecule has 1 atom stereocenters. The van der Waals surface area contributed by atoms with Crippen molar-refractivity contribution < 1.29 is 9.31 Å². The van der Waals surface area contributed by atoms with E-state index in [1.165, 1.54) is 11.9 Å². The van der Waals surface area contributed by atoms with Gasteiger partial charge in [0.1, 0.15) is 0 Å². The highest BCUT2D eigenvalue weighted by Crippen LogP contribution is 2.40. The molecule has 0 aromatic rings. The quantitative estimate of drug-likeness (QED) is 0.730. The summed E-state index contributed by atoms with van der Waals surface area (Å²) in [5.74, 6) is 0. The second-order valence-corrected chi connectivity index (χ2v) is 6.13. The molecule has 0 amide bonds. The summed E-state index contributed by atoms with van der Waals surface area (Å²) < 4.78 is 12.1. The third-order valence-corrected chi connectivity index (χ3v) is 4.41. The van der Waals surface area contributed by atoms with Crippen LogP contribution in [0.3, 0.4) is 0 Å². The Labute approximate surface area is 106 Å². The Hall–Kier alpha value is -0.250. The number of rotatable bonds is 2. The van der Waals surface area contributed by atoms with Crippen molar-refractivity contribution in [3.63, 3.8) is 0 Å². The van der Waals surface area contributed by atoms with Crippen molar-refractivity contribution in [2.45, 2.75) is 64.2 Å². The maximum atomic E-state index is 6.06. The average Bonchev–Trinajstić information content (AvgIpc) is 2.48. The molecule has 1 heterocycles. The Bertz CT molecular complexity index is 312. The zero-order valence-corrected chi connectivity index (χ0v) is 11.7. The average molecular weight is 235 g/mol. The Morgan fingerprint density at radius 2 is 1.88 bits per heavy atom. The smallest absolute Gasteiger partial charge is 0.400 e. The zero-order valence-electron chi connectivity index (χ0n) is 11.7. The predicted octanol–water partition coefficient (Wildman–Crippen LogP) is 1.23. The van der Waals surface area contributed by atoms with Gasteiger partial charge in [-0.3, -0.25) is 0 Å². The lowest BCUT2D eigenvalue weighted by Gasteiger charge is -2.32. The summed E-state index contributed by atoms with van der Waals surface area (Å²) >= 11 is 0. The van der Waals surface area contributed by atoms with Crippen LogP contribution < -0.4 is 5.23 Å². The van der Waals surface area contributed by atoms with Crippen molar-refractivity contribution >= 4 is 15.1 Å². The molecule has 1 fully saturated rings. The molecule has 0 aromatic carbocycles. The minimum atomic E-state index is -0.224. The number of nitrogens with one attached hydrogen (secondary N) is 1. The first-order valence-corrected chi connectivity index (χ1v) is 6.57. The summed E-state index contributed by atoms with van der Waals surface area (Å²) in [5.41, 5.74) is 0.867. The van der Waals surface area contributed by atoms with Crippen LogP contribution in [0.4, 0.5) is 0 Å². The van der Waals surface area contributed by atoms with Crippen molar-refractivity contribution in [3.05, 3.63) is 11.5 Å². The Kier molecular flexibility index (Phi) is 3.45. The molecule has 1 saturated heterocycles. The first-order valence-electron chi connectivity index (χ1n) is 6.57. The van der Waals surface area contributed by atoms with Crippen LogP contribution in [-0.2, 0) is 9.31 Å². The van der Waals surface area contributed by atoms with Crippen LogP contribution in [0, 0.1) is 0 Å². The molecule has 1 N–H and O–H groups in total. The van der Waals surface area contributed by atoms with Crippen LogP contribution >= 0.6 is 0 Å². The second-order valence-electron chi connectivity index (χ2n) is 6.13. The van der Waals surface area contributed by atoms with Crippen LogP contribution in [0.1, 0.15) is 47.0 Å². The van der Waals surface area contributed by atoms with E-state index in [9.17, 15) is 0 Å².